The molecule has 0 N–H and O–H groups in total. The molecule has 3 aromatic heterocycles. The molecule has 12 aromatic carbocycles. The maximum atomic E-state index is 6.35. The minimum absolute atomic E-state index is 0.226. The van der Waals surface area contributed by atoms with Crippen molar-refractivity contribution in [3.05, 3.63) is 290 Å². The first-order valence-corrected chi connectivity index (χ1v) is 28.1. The number of benzene rings is 12. The van der Waals surface area contributed by atoms with Crippen molar-refractivity contribution in [2.45, 2.75) is 19.3 Å². The molecule has 0 saturated heterocycles. The summed E-state index contributed by atoms with van der Waals surface area (Å²) in [6.45, 7) is 4.71. The molecular formula is C77H52N4O. The summed E-state index contributed by atoms with van der Waals surface area (Å²) in [6, 6.07) is 101. The topological polar surface area (TPSA) is 47.1 Å². The fourth-order valence-electron chi connectivity index (χ4n) is 12.9. The van der Waals surface area contributed by atoms with Gasteiger partial charge in [0.25, 0.3) is 0 Å². The van der Waals surface area contributed by atoms with Crippen LogP contribution in [0.15, 0.2) is 283 Å². The third-order valence-corrected chi connectivity index (χ3v) is 17.0. The van der Waals surface area contributed by atoms with E-state index in [1.807, 2.05) is 12.1 Å². The molecule has 5 heteroatoms. The predicted molar refractivity (Wildman–Crippen MR) is 341 cm³/mol. The summed E-state index contributed by atoms with van der Waals surface area (Å²) < 4.78 is 8.66. The molecule has 0 radical (unpaired) electrons. The number of anilines is 3. The van der Waals surface area contributed by atoms with Crippen LogP contribution in [0, 0.1) is 0 Å². The van der Waals surface area contributed by atoms with E-state index in [0.29, 0.717) is 5.95 Å². The number of fused-ring (bicyclic) bond motifs is 10. The van der Waals surface area contributed by atoms with E-state index < -0.39 is 0 Å². The van der Waals surface area contributed by atoms with Crippen molar-refractivity contribution in [3.8, 4) is 73.0 Å². The molecule has 386 valence electrons. The van der Waals surface area contributed by atoms with Gasteiger partial charge in [0.05, 0.1) is 28.1 Å². The van der Waals surface area contributed by atoms with Crippen LogP contribution in [0.4, 0.5) is 17.1 Å². The lowest BCUT2D eigenvalue weighted by atomic mass is 9.82. The highest BCUT2D eigenvalue weighted by Gasteiger charge is 2.36. The van der Waals surface area contributed by atoms with Gasteiger partial charge in [0.2, 0.25) is 5.95 Å². The van der Waals surface area contributed by atoms with Crippen molar-refractivity contribution < 1.29 is 4.42 Å². The average molecular weight is 1050 g/mol. The summed E-state index contributed by atoms with van der Waals surface area (Å²) in [5.41, 5.74) is 22.5. The Labute approximate surface area is 475 Å². The van der Waals surface area contributed by atoms with Gasteiger partial charge >= 0.3 is 0 Å². The molecule has 0 unspecified atom stereocenters. The molecule has 0 saturated carbocycles. The zero-order chi connectivity index (χ0) is 54.5. The normalized spacial score (nSPS) is 12.6. The molecule has 0 aliphatic heterocycles. The van der Waals surface area contributed by atoms with Crippen LogP contribution in [0.2, 0.25) is 0 Å². The van der Waals surface area contributed by atoms with Crippen LogP contribution < -0.4 is 4.90 Å². The molecule has 1 aliphatic rings. The first-order valence-electron chi connectivity index (χ1n) is 28.1. The Balaban J connectivity index is 0.893. The van der Waals surface area contributed by atoms with Gasteiger partial charge in [-0.1, -0.05) is 208 Å². The van der Waals surface area contributed by atoms with Gasteiger partial charge in [-0.05, 0) is 146 Å². The highest BCUT2D eigenvalue weighted by atomic mass is 16.3. The van der Waals surface area contributed by atoms with Crippen molar-refractivity contribution in [2.75, 3.05) is 4.90 Å². The van der Waals surface area contributed by atoms with Crippen LogP contribution >= 0.6 is 0 Å². The van der Waals surface area contributed by atoms with E-state index in [9.17, 15) is 0 Å². The zero-order valence-electron chi connectivity index (χ0n) is 45.3. The summed E-state index contributed by atoms with van der Waals surface area (Å²) >= 11 is 0. The van der Waals surface area contributed by atoms with Crippen LogP contribution in [0.1, 0.15) is 25.0 Å². The first kappa shape index (κ1) is 47.4. The number of furan rings is 1. The molecule has 15 aromatic rings. The summed E-state index contributed by atoms with van der Waals surface area (Å²) in [4.78, 5) is 13.5. The Kier molecular flexibility index (Phi) is 10.8. The van der Waals surface area contributed by atoms with Crippen molar-refractivity contribution in [3.63, 3.8) is 0 Å². The highest BCUT2D eigenvalue weighted by molar-refractivity contribution is 6.13. The number of nitrogens with zero attached hydrogens (tertiary/aromatic N) is 4. The Bertz CT molecular complexity index is 5010. The second-order valence-corrected chi connectivity index (χ2v) is 22.1. The van der Waals surface area contributed by atoms with Crippen LogP contribution in [0.25, 0.3) is 127 Å². The molecule has 0 amide bonds. The van der Waals surface area contributed by atoms with Gasteiger partial charge in [-0.2, -0.15) is 0 Å². The summed E-state index contributed by atoms with van der Waals surface area (Å²) in [5.74, 6) is 0.622. The van der Waals surface area contributed by atoms with Crippen LogP contribution in [0.5, 0.6) is 0 Å². The van der Waals surface area contributed by atoms with Gasteiger partial charge in [-0.15, -0.1) is 0 Å². The molecule has 0 spiro atoms. The maximum absolute atomic E-state index is 6.35. The van der Waals surface area contributed by atoms with Crippen LogP contribution in [-0.4, -0.2) is 14.5 Å². The molecule has 3 heterocycles. The predicted octanol–water partition coefficient (Wildman–Crippen LogP) is 20.7. The molecule has 16 rings (SSSR count). The Morgan fingerprint density at radius 1 is 0.341 bits per heavy atom. The fraction of sp³-hybridized carbons (Fsp3) is 0.0390. The number of aromatic nitrogens is 3. The molecule has 0 atom stereocenters. The smallest absolute Gasteiger partial charge is 0.235 e. The van der Waals surface area contributed by atoms with Crippen LogP contribution in [0.3, 0.4) is 0 Å². The van der Waals surface area contributed by atoms with E-state index in [4.69, 9.17) is 14.4 Å². The Morgan fingerprint density at radius 3 is 1.80 bits per heavy atom. The van der Waals surface area contributed by atoms with E-state index in [1.165, 1.54) is 33.0 Å². The Morgan fingerprint density at radius 2 is 0.963 bits per heavy atom. The van der Waals surface area contributed by atoms with Gasteiger partial charge in [0, 0.05) is 55.0 Å². The summed E-state index contributed by atoms with van der Waals surface area (Å²) in [5, 5.41) is 6.87. The second kappa shape index (κ2) is 18.8. The van der Waals surface area contributed by atoms with E-state index >= 15 is 0 Å². The SMILES string of the molecule is CC1(C)c2ccccc2-c2cc3c4cc(-c5ccccc5N(c5ccc(-c6ccc7c(c6)oc6ccccc67)cc5)c5cccc(-c6ccccc6)c5)ccc4n(-c4nc(-c5ccccc5)cc(-c5ccc6ccccc6c5)n4)c3cc21. The lowest BCUT2D eigenvalue weighted by Gasteiger charge is -2.28. The summed E-state index contributed by atoms with van der Waals surface area (Å²) in [6.07, 6.45) is 0. The molecule has 0 fully saturated rings. The Hall–Kier alpha value is -10.6. The molecule has 1 aliphatic carbocycles. The number of hydrogen-bond donors (Lipinski definition) is 0. The van der Waals surface area contributed by atoms with Crippen LogP contribution in [-0.2, 0) is 5.41 Å². The number of hydrogen-bond acceptors (Lipinski definition) is 4. The van der Waals surface area contributed by atoms with Crippen molar-refractivity contribution in [2.24, 2.45) is 0 Å². The average Bonchev–Trinajstić information content (AvgIpc) is 4.22. The third kappa shape index (κ3) is 7.77. The maximum Gasteiger partial charge on any atom is 0.235 e. The highest BCUT2D eigenvalue weighted by Crippen LogP contribution is 2.52. The zero-order valence-corrected chi connectivity index (χ0v) is 45.3. The fourth-order valence-corrected chi connectivity index (χ4v) is 12.9. The van der Waals surface area contributed by atoms with Crippen molar-refractivity contribution in [1.29, 1.82) is 0 Å². The quantitative estimate of drug-likeness (QED) is 0.145. The van der Waals surface area contributed by atoms with Crippen molar-refractivity contribution >= 4 is 71.6 Å². The van der Waals surface area contributed by atoms with E-state index in [0.717, 1.165) is 117 Å². The minimum atomic E-state index is -0.226. The molecule has 0 bridgehead atoms. The largest absolute Gasteiger partial charge is 0.456 e. The van der Waals surface area contributed by atoms with Crippen molar-refractivity contribution in [1.82, 2.24) is 14.5 Å². The standard InChI is InChI=1S/C77H52N4O/c1-77(2)67-29-14-11-27-61(67)64-46-66-65-44-56(37-41-72(65)81(73(66)47-68(64)77)76-78-69(52-21-7-4-8-22-52)48-70(79-76)57-33-32-50-20-9-10-23-53(50)42-57)60-26-12-15-30-71(60)80(59-25-17-24-54(43-59)49-18-5-3-6-19-49)58-38-34-51(35-39-58)55-36-40-63-62-28-13-16-31-74(62)82-75(63)45-55/h3-48H,1-2H3. The van der Waals surface area contributed by atoms with Gasteiger partial charge in [-0.3, -0.25) is 4.57 Å². The minimum Gasteiger partial charge on any atom is -0.456 e. The van der Waals surface area contributed by atoms with Gasteiger partial charge < -0.3 is 9.32 Å². The molecule has 5 nitrogen and oxygen atoms in total. The lowest BCUT2D eigenvalue weighted by molar-refractivity contribution is 0.661. The lowest BCUT2D eigenvalue weighted by Crippen LogP contribution is -2.15. The van der Waals surface area contributed by atoms with Gasteiger partial charge in [0.1, 0.15) is 11.2 Å². The van der Waals surface area contributed by atoms with E-state index in [2.05, 4.69) is 290 Å². The van der Waals surface area contributed by atoms with Gasteiger partial charge in [0.15, 0.2) is 0 Å². The van der Waals surface area contributed by atoms with E-state index in [1.54, 1.807) is 0 Å². The molecule has 82 heavy (non-hydrogen) atoms. The van der Waals surface area contributed by atoms with Gasteiger partial charge in [-0.25, -0.2) is 9.97 Å². The molecular weight excluding hydrogens is 997 g/mol. The first-order chi connectivity index (χ1) is 40.4. The third-order valence-electron chi connectivity index (χ3n) is 17.0. The summed E-state index contributed by atoms with van der Waals surface area (Å²) in [7, 11) is 0. The number of para-hydroxylation sites is 2. The monoisotopic (exact) mass is 1050 g/mol. The number of rotatable bonds is 9. The van der Waals surface area contributed by atoms with E-state index in [-0.39, 0.29) is 5.41 Å². The second-order valence-electron chi connectivity index (χ2n) is 22.1.